The average molecular weight is 447 g/mol. The lowest BCUT2D eigenvalue weighted by Gasteiger charge is -2.56. The van der Waals surface area contributed by atoms with Crippen molar-refractivity contribution in [1.82, 2.24) is 10.3 Å². The third-order valence-electron chi connectivity index (χ3n) is 7.27. The van der Waals surface area contributed by atoms with Crippen molar-refractivity contribution < 1.29 is 14.7 Å². The predicted octanol–water partition coefficient (Wildman–Crippen LogP) is 5.52. The first-order valence-electron chi connectivity index (χ1n) is 10.5. The normalized spacial score (nSPS) is 29.7. The average Bonchev–Trinajstić information content (AvgIpc) is 3.02. The van der Waals surface area contributed by atoms with Gasteiger partial charge in [0.1, 0.15) is 5.69 Å². The van der Waals surface area contributed by atoms with Gasteiger partial charge in [0, 0.05) is 34.1 Å². The molecular formula is C23H24Cl2N2O3. The van der Waals surface area contributed by atoms with Gasteiger partial charge in [0.25, 0.3) is 0 Å². The number of aromatic carboxylic acids is 1. The first kappa shape index (κ1) is 20.0. The molecule has 0 saturated heterocycles. The van der Waals surface area contributed by atoms with Crippen molar-refractivity contribution in [2.75, 3.05) is 6.54 Å². The highest BCUT2D eigenvalue weighted by Gasteiger charge is 2.50. The van der Waals surface area contributed by atoms with E-state index in [0.717, 1.165) is 17.8 Å². The number of aromatic nitrogens is 1. The van der Waals surface area contributed by atoms with Gasteiger partial charge in [0.2, 0.25) is 5.91 Å². The van der Waals surface area contributed by atoms with E-state index in [9.17, 15) is 14.7 Å². The molecule has 0 spiro atoms. The quantitative estimate of drug-likeness (QED) is 0.528. The number of halogens is 2. The summed E-state index contributed by atoms with van der Waals surface area (Å²) in [6, 6.07) is 3.19. The Kier molecular flexibility index (Phi) is 4.86. The van der Waals surface area contributed by atoms with Crippen molar-refractivity contribution in [3.05, 3.63) is 39.5 Å². The number of carboxylic acids is 1. The maximum atomic E-state index is 12.6. The van der Waals surface area contributed by atoms with Gasteiger partial charge >= 0.3 is 5.97 Å². The molecular weight excluding hydrogens is 423 g/mol. The highest BCUT2D eigenvalue weighted by Crippen LogP contribution is 2.59. The Morgan fingerprint density at radius 1 is 1.13 bits per heavy atom. The molecule has 158 valence electrons. The molecule has 6 rings (SSSR count). The Balaban J connectivity index is 1.34. The van der Waals surface area contributed by atoms with Gasteiger partial charge in [0.15, 0.2) is 0 Å². The van der Waals surface area contributed by atoms with Crippen LogP contribution in [0.15, 0.2) is 18.2 Å². The van der Waals surface area contributed by atoms with Crippen LogP contribution >= 0.6 is 23.2 Å². The number of nitrogens with one attached hydrogen (secondary N) is 2. The summed E-state index contributed by atoms with van der Waals surface area (Å²) in [4.78, 5) is 27.1. The first-order valence-corrected chi connectivity index (χ1v) is 11.3. The van der Waals surface area contributed by atoms with E-state index in [1.165, 1.54) is 50.7 Å². The summed E-state index contributed by atoms with van der Waals surface area (Å²) in [6.45, 7) is 0.704. The fourth-order valence-corrected chi connectivity index (χ4v) is 7.20. The second kappa shape index (κ2) is 7.31. The highest BCUT2D eigenvalue weighted by molar-refractivity contribution is 6.39. The van der Waals surface area contributed by atoms with Crippen LogP contribution < -0.4 is 5.32 Å². The van der Waals surface area contributed by atoms with Crippen molar-refractivity contribution in [2.24, 2.45) is 23.2 Å². The molecule has 5 nitrogen and oxygen atoms in total. The zero-order valence-corrected chi connectivity index (χ0v) is 18.0. The van der Waals surface area contributed by atoms with Crippen LogP contribution in [0.2, 0.25) is 10.0 Å². The summed E-state index contributed by atoms with van der Waals surface area (Å²) < 4.78 is 0. The lowest BCUT2D eigenvalue weighted by Crippen LogP contribution is -2.51. The van der Waals surface area contributed by atoms with Crippen molar-refractivity contribution in [2.45, 2.75) is 38.5 Å². The van der Waals surface area contributed by atoms with Crippen molar-refractivity contribution >= 4 is 52.1 Å². The molecule has 0 radical (unpaired) electrons. The molecule has 1 heterocycles. The molecule has 2 aromatic rings. The lowest BCUT2D eigenvalue weighted by molar-refractivity contribution is -0.118. The monoisotopic (exact) mass is 446 g/mol. The third-order valence-corrected chi connectivity index (χ3v) is 7.79. The van der Waals surface area contributed by atoms with Crippen LogP contribution in [0.4, 0.5) is 0 Å². The minimum Gasteiger partial charge on any atom is -0.477 e. The van der Waals surface area contributed by atoms with Crippen LogP contribution in [0.1, 0.15) is 54.6 Å². The SMILES string of the molecule is O=C(/C=C/c1c(C(=O)O)[nH]c2cc(Cl)cc(Cl)c12)NCC12CC3CC(CC(C3)C1)C2. The summed E-state index contributed by atoms with van der Waals surface area (Å²) in [7, 11) is 0. The largest absolute Gasteiger partial charge is 0.477 e. The van der Waals surface area contributed by atoms with Crippen LogP contribution in [-0.2, 0) is 4.79 Å². The molecule has 0 atom stereocenters. The van der Waals surface area contributed by atoms with Gasteiger partial charge in [-0.25, -0.2) is 4.79 Å². The highest BCUT2D eigenvalue weighted by atomic mass is 35.5. The molecule has 4 fully saturated rings. The number of benzene rings is 1. The van der Waals surface area contributed by atoms with E-state index in [0.29, 0.717) is 33.1 Å². The first-order chi connectivity index (χ1) is 14.3. The summed E-state index contributed by atoms with van der Waals surface area (Å²) in [5.74, 6) is 1.18. The number of amides is 1. The molecule has 4 bridgehead atoms. The zero-order chi connectivity index (χ0) is 21.0. The Hall–Kier alpha value is -1.98. The van der Waals surface area contributed by atoms with E-state index in [2.05, 4.69) is 10.3 Å². The third kappa shape index (κ3) is 3.52. The molecule has 0 unspecified atom stereocenters. The number of hydrogen-bond acceptors (Lipinski definition) is 2. The molecule has 1 aromatic heterocycles. The van der Waals surface area contributed by atoms with Crippen LogP contribution in [0, 0.1) is 23.2 Å². The fourth-order valence-electron chi connectivity index (χ4n) is 6.61. The zero-order valence-electron chi connectivity index (χ0n) is 16.5. The number of rotatable bonds is 5. The Bertz CT molecular complexity index is 1040. The second-order valence-electron chi connectivity index (χ2n) is 9.50. The van der Waals surface area contributed by atoms with E-state index in [1.807, 2.05) is 0 Å². The number of fused-ring (bicyclic) bond motifs is 1. The van der Waals surface area contributed by atoms with Gasteiger partial charge < -0.3 is 15.4 Å². The molecule has 1 amide bonds. The van der Waals surface area contributed by atoms with Gasteiger partial charge in [-0.3, -0.25) is 4.79 Å². The van der Waals surface area contributed by atoms with Crippen LogP contribution in [0.5, 0.6) is 0 Å². The van der Waals surface area contributed by atoms with Crippen LogP contribution in [0.3, 0.4) is 0 Å². The predicted molar refractivity (Wildman–Crippen MR) is 118 cm³/mol. The van der Waals surface area contributed by atoms with E-state index < -0.39 is 5.97 Å². The van der Waals surface area contributed by atoms with Crippen molar-refractivity contribution in [3.8, 4) is 0 Å². The lowest BCUT2D eigenvalue weighted by atomic mass is 9.49. The molecule has 0 aliphatic heterocycles. The number of H-pyrrole nitrogens is 1. The number of carbonyl (C=O) groups is 2. The molecule has 4 saturated carbocycles. The van der Waals surface area contributed by atoms with E-state index >= 15 is 0 Å². The van der Waals surface area contributed by atoms with E-state index in [-0.39, 0.29) is 17.0 Å². The van der Waals surface area contributed by atoms with Crippen molar-refractivity contribution in [3.63, 3.8) is 0 Å². The maximum Gasteiger partial charge on any atom is 0.352 e. The Morgan fingerprint density at radius 3 is 2.37 bits per heavy atom. The second-order valence-corrected chi connectivity index (χ2v) is 10.3. The summed E-state index contributed by atoms with van der Waals surface area (Å²) >= 11 is 12.3. The maximum absolute atomic E-state index is 12.6. The van der Waals surface area contributed by atoms with Crippen LogP contribution in [0.25, 0.3) is 17.0 Å². The van der Waals surface area contributed by atoms with E-state index in [4.69, 9.17) is 23.2 Å². The molecule has 30 heavy (non-hydrogen) atoms. The Morgan fingerprint density at radius 2 is 1.77 bits per heavy atom. The summed E-state index contributed by atoms with van der Waals surface area (Å²) in [5, 5.41) is 13.9. The smallest absolute Gasteiger partial charge is 0.352 e. The number of aromatic amines is 1. The van der Waals surface area contributed by atoms with Gasteiger partial charge in [-0.2, -0.15) is 0 Å². The molecule has 4 aliphatic carbocycles. The van der Waals surface area contributed by atoms with Gasteiger partial charge in [-0.05, 0) is 79.9 Å². The molecule has 7 heteroatoms. The summed E-state index contributed by atoms with van der Waals surface area (Å²) in [5.41, 5.74) is 1.15. The van der Waals surface area contributed by atoms with Gasteiger partial charge in [0.05, 0.1) is 5.02 Å². The summed E-state index contributed by atoms with van der Waals surface area (Å²) in [6.07, 6.45) is 10.7. The number of carboxylic acid groups (broad SMARTS) is 1. The van der Waals surface area contributed by atoms with Gasteiger partial charge in [-0.1, -0.05) is 23.2 Å². The molecule has 3 N–H and O–H groups in total. The minimum absolute atomic E-state index is 0.0145. The Labute approximate surface area is 184 Å². The van der Waals surface area contributed by atoms with Crippen molar-refractivity contribution in [1.29, 1.82) is 0 Å². The topological polar surface area (TPSA) is 82.2 Å². The van der Waals surface area contributed by atoms with Crippen LogP contribution in [-0.4, -0.2) is 28.5 Å². The van der Waals surface area contributed by atoms with Gasteiger partial charge in [-0.15, -0.1) is 0 Å². The number of carbonyl (C=O) groups excluding carboxylic acids is 1. The minimum atomic E-state index is -1.12. The fraction of sp³-hybridized carbons (Fsp3) is 0.478. The number of hydrogen-bond donors (Lipinski definition) is 3. The molecule has 4 aliphatic rings. The van der Waals surface area contributed by atoms with E-state index in [1.54, 1.807) is 12.1 Å². The molecule has 1 aromatic carbocycles. The standard InChI is InChI=1S/C23H24Cl2N2O3/c24-15-6-17(25)20-16(21(22(29)30)27-18(20)7-15)1-2-19(28)26-11-23-8-12-3-13(9-23)5-14(4-12)10-23/h1-2,6-7,12-14,27H,3-5,8-11H2,(H,26,28)(H,29,30)/b2-1+.